The minimum absolute atomic E-state index is 0. The van der Waals surface area contributed by atoms with Gasteiger partial charge in [-0.25, -0.2) is 4.99 Å². The van der Waals surface area contributed by atoms with Crippen LogP contribution in [0.15, 0.2) is 46.1 Å². The van der Waals surface area contributed by atoms with Crippen LogP contribution in [-0.2, 0) is 19.3 Å². The Labute approximate surface area is 160 Å². The quantitative estimate of drug-likeness (QED) is 0.381. The van der Waals surface area contributed by atoms with E-state index in [4.69, 9.17) is 0 Å². The summed E-state index contributed by atoms with van der Waals surface area (Å²) in [5.41, 5.74) is 1.02. The predicted molar refractivity (Wildman–Crippen MR) is 103 cm³/mol. The van der Waals surface area contributed by atoms with Crippen LogP contribution in [0, 0.1) is 0 Å². The molecular weight excluding hydrogens is 450 g/mol. The van der Waals surface area contributed by atoms with Crippen LogP contribution in [0.25, 0.3) is 0 Å². The van der Waals surface area contributed by atoms with Crippen LogP contribution in [0.5, 0.6) is 0 Å². The van der Waals surface area contributed by atoms with Gasteiger partial charge in [0.2, 0.25) is 0 Å². The van der Waals surface area contributed by atoms with Gasteiger partial charge in [-0.3, -0.25) is 0 Å². The van der Waals surface area contributed by atoms with Crippen LogP contribution in [0.4, 0.5) is 13.2 Å². The molecule has 0 bridgehead atoms. The van der Waals surface area contributed by atoms with Gasteiger partial charge in [-0.2, -0.15) is 24.5 Å². The standard InChI is InChI=1S/C16H18F3N3S.HI/c1-2-20-15(22-10-13-6-7-23-11-13)21-9-12-4-3-5-14(8-12)16(17,18)19;/h3-8,11H,2,9-10H2,1H3,(H2,20,21,22);1H. The van der Waals surface area contributed by atoms with Gasteiger partial charge in [-0.05, 0) is 47.0 Å². The summed E-state index contributed by atoms with van der Waals surface area (Å²) in [5, 5.41) is 10.1. The molecule has 0 aliphatic carbocycles. The van der Waals surface area contributed by atoms with E-state index < -0.39 is 11.7 Å². The van der Waals surface area contributed by atoms with Crippen molar-refractivity contribution in [1.82, 2.24) is 10.6 Å². The lowest BCUT2D eigenvalue weighted by Crippen LogP contribution is -2.36. The van der Waals surface area contributed by atoms with Crippen LogP contribution in [-0.4, -0.2) is 12.5 Å². The van der Waals surface area contributed by atoms with E-state index in [2.05, 4.69) is 15.6 Å². The molecule has 0 radical (unpaired) electrons. The van der Waals surface area contributed by atoms with Crippen molar-refractivity contribution in [2.75, 3.05) is 6.54 Å². The van der Waals surface area contributed by atoms with Gasteiger partial charge in [0.15, 0.2) is 5.96 Å². The second-order valence-electron chi connectivity index (χ2n) is 4.88. The highest BCUT2D eigenvalue weighted by Crippen LogP contribution is 2.29. The van der Waals surface area contributed by atoms with Crippen LogP contribution < -0.4 is 10.6 Å². The molecule has 1 heterocycles. The van der Waals surface area contributed by atoms with E-state index in [-0.39, 0.29) is 30.5 Å². The lowest BCUT2D eigenvalue weighted by Gasteiger charge is -2.12. The Balaban J connectivity index is 0.00000288. The summed E-state index contributed by atoms with van der Waals surface area (Å²) < 4.78 is 38.1. The molecule has 1 aromatic heterocycles. The first-order valence-corrected chi connectivity index (χ1v) is 8.12. The van der Waals surface area contributed by atoms with Crippen molar-refractivity contribution in [3.8, 4) is 0 Å². The largest absolute Gasteiger partial charge is 0.416 e. The molecule has 8 heteroatoms. The summed E-state index contributed by atoms with van der Waals surface area (Å²) in [6.07, 6.45) is -4.33. The molecule has 0 atom stereocenters. The maximum Gasteiger partial charge on any atom is 0.416 e. The second kappa shape index (κ2) is 9.87. The number of aliphatic imine (C=N–C) groups is 1. The molecule has 0 saturated carbocycles. The zero-order valence-corrected chi connectivity index (χ0v) is 16.2. The highest BCUT2D eigenvalue weighted by molar-refractivity contribution is 14.0. The lowest BCUT2D eigenvalue weighted by atomic mass is 10.1. The molecule has 0 unspecified atom stereocenters. The van der Waals surface area contributed by atoms with Crippen LogP contribution in [0.3, 0.4) is 0 Å². The van der Waals surface area contributed by atoms with Crippen molar-refractivity contribution < 1.29 is 13.2 Å². The molecule has 0 amide bonds. The normalized spacial score (nSPS) is 11.8. The Hall–Kier alpha value is -1.29. The summed E-state index contributed by atoms with van der Waals surface area (Å²) in [6, 6.07) is 7.28. The van der Waals surface area contributed by atoms with Crippen molar-refractivity contribution in [3.05, 3.63) is 57.8 Å². The minimum atomic E-state index is -4.33. The third-order valence-electron chi connectivity index (χ3n) is 3.06. The van der Waals surface area contributed by atoms with E-state index in [1.165, 1.54) is 6.07 Å². The smallest absolute Gasteiger partial charge is 0.357 e. The number of hydrogen-bond donors (Lipinski definition) is 2. The Morgan fingerprint density at radius 2 is 1.96 bits per heavy atom. The average Bonchev–Trinajstić information content (AvgIpc) is 3.03. The third kappa shape index (κ3) is 6.68. The first-order valence-electron chi connectivity index (χ1n) is 7.18. The third-order valence-corrected chi connectivity index (χ3v) is 3.79. The Bertz CT molecular complexity index is 642. The number of alkyl halides is 3. The fourth-order valence-electron chi connectivity index (χ4n) is 1.94. The molecule has 132 valence electrons. The Morgan fingerprint density at radius 1 is 1.17 bits per heavy atom. The molecule has 0 fully saturated rings. The highest BCUT2D eigenvalue weighted by atomic mass is 127. The van der Waals surface area contributed by atoms with E-state index >= 15 is 0 Å². The summed E-state index contributed by atoms with van der Waals surface area (Å²) in [5.74, 6) is 0.580. The van der Waals surface area contributed by atoms with Crippen molar-refractivity contribution in [1.29, 1.82) is 0 Å². The van der Waals surface area contributed by atoms with Gasteiger partial charge in [0.25, 0.3) is 0 Å². The first-order chi connectivity index (χ1) is 11.0. The molecular formula is C16H19F3IN3S. The molecule has 2 N–H and O–H groups in total. The predicted octanol–water partition coefficient (Wildman–Crippen LogP) is 4.64. The zero-order chi connectivity index (χ0) is 16.7. The average molecular weight is 469 g/mol. The van der Waals surface area contributed by atoms with Gasteiger partial charge in [0, 0.05) is 13.1 Å². The summed E-state index contributed by atoms with van der Waals surface area (Å²) in [7, 11) is 0. The van der Waals surface area contributed by atoms with Gasteiger partial charge in [0.05, 0.1) is 12.1 Å². The lowest BCUT2D eigenvalue weighted by molar-refractivity contribution is -0.137. The van der Waals surface area contributed by atoms with Crippen LogP contribution >= 0.6 is 35.3 Å². The molecule has 0 aliphatic heterocycles. The fourth-order valence-corrected chi connectivity index (χ4v) is 2.60. The van der Waals surface area contributed by atoms with Gasteiger partial charge in [-0.15, -0.1) is 24.0 Å². The molecule has 2 rings (SSSR count). The van der Waals surface area contributed by atoms with Crippen molar-refractivity contribution in [2.45, 2.75) is 26.2 Å². The van der Waals surface area contributed by atoms with Gasteiger partial charge >= 0.3 is 6.18 Å². The van der Waals surface area contributed by atoms with Gasteiger partial charge in [-0.1, -0.05) is 12.1 Å². The van der Waals surface area contributed by atoms with Crippen molar-refractivity contribution in [3.63, 3.8) is 0 Å². The number of nitrogens with zero attached hydrogens (tertiary/aromatic N) is 1. The maximum absolute atomic E-state index is 12.7. The van der Waals surface area contributed by atoms with Crippen molar-refractivity contribution in [2.24, 2.45) is 4.99 Å². The first kappa shape index (κ1) is 20.8. The zero-order valence-electron chi connectivity index (χ0n) is 13.1. The summed E-state index contributed by atoms with van der Waals surface area (Å²) >= 11 is 1.60. The van der Waals surface area contributed by atoms with E-state index in [1.807, 2.05) is 23.8 Å². The van der Waals surface area contributed by atoms with E-state index in [0.29, 0.717) is 24.6 Å². The van der Waals surface area contributed by atoms with Crippen molar-refractivity contribution >= 4 is 41.3 Å². The molecule has 3 nitrogen and oxygen atoms in total. The number of benzene rings is 1. The molecule has 1 aromatic carbocycles. The molecule has 0 saturated heterocycles. The number of halogens is 4. The van der Waals surface area contributed by atoms with E-state index in [1.54, 1.807) is 17.4 Å². The molecule has 0 spiro atoms. The van der Waals surface area contributed by atoms with Crippen LogP contribution in [0.1, 0.15) is 23.6 Å². The fraction of sp³-hybridized carbons (Fsp3) is 0.312. The highest BCUT2D eigenvalue weighted by Gasteiger charge is 2.30. The number of hydrogen-bond acceptors (Lipinski definition) is 2. The van der Waals surface area contributed by atoms with E-state index in [0.717, 1.165) is 17.7 Å². The summed E-state index contributed by atoms with van der Waals surface area (Å²) in [4.78, 5) is 4.42. The maximum atomic E-state index is 12.7. The van der Waals surface area contributed by atoms with Gasteiger partial charge in [0.1, 0.15) is 0 Å². The topological polar surface area (TPSA) is 36.4 Å². The van der Waals surface area contributed by atoms with Gasteiger partial charge < -0.3 is 10.6 Å². The van der Waals surface area contributed by atoms with Crippen LogP contribution in [0.2, 0.25) is 0 Å². The SMILES string of the molecule is CCNC(=NCc1ccsc1)NCc1cccc(C(F)(F)F)c1.I. The van der Waals surface area contributed by atoms with E-state index in [9.17, 15) is 13.2 Å². The Morgan fingerprint density at radius 3 is 2.58 bits per heavy atom. The molecule has 2 aromatic rings. The molecule has 24 heavy (non-hydrogen) atoms. The Kier molecular flexibility index (Phi) is 8.54. The number of guanidine groups is 1. The second-order valence-corrected chi connectivity index (χ2v) is 5.66. The summed E-state index contributed by atoms with van der Waals surface area (Å²) in [6.45, 7) is 3.42. The molecule has 0 aliphatic rings. The minimum Gasteiger partial charge on any atom is -0.357 e. The number of thiophene rings is 1. The monoisotopic (exact) mass is 469 g/mol. The number of rotatable bonds is 5. The number of nitrogens with one attached hydrogen (secondary N) is 2.